The molecule has 4 heteroatoms. The second-order valence-electron chi connectivity index (χ2n) is 2.87. The Bertz CT molecular complexity index is 316. The van der Waals surface area contributed by atoms with Crippen molar-refractivity contribution in [3.8, 4) is 0 Å². The molecule has 0 radical (unpaired) electrons. The lowest BCUT2D eigenvalue weighted by molar-refractivity contribution is 0.785. The summed E-state index contributed by atoms with van der Waals surface area (Å²) in [6.07, 6.45) is 0. The monoisotopic (exact) mass is 306 g/mol. The Morgan fingerprint density at radius 2 is 2.46 bits per heavy atom. The normalized spacial score (nSPS) is 15.7. The smallest absolute Gasteiger partial charge is 0.0778 e. The number of benzene rings is 1. The zero-order chi connectivity index (χ0) is 9.26. The maximum Gasteiger partial charge on any atom is 0.0778 e. The summed E-state index contributed by atoms with van der Waals surface area (Å²) in [4.78, 5) is 3.67. The van der Waals surface area contributed by atoms with E-state index in [9.17, 15) is 0 Å². The van der Waals surface area contributed by atoms with Crippen molar-refractivity contribution in [2.45, 2.75) is 11.8 Å². The predicted molar refractivity (Wildman–Crippen MR) is 66.0 cm³/mol. The van der Waals surface area contributed by atoms with Crippen molar-refractivity contribution in [1.29, 1.82) is 0 Å². The van der Waals surface area contributed by atoms with Gasteiger partial charge in [0.1, 0.15) is 0 Å². The molecular formula is C9H11IN2S. The summed E-state index contributed by atoms with van der Waals surface area (Å²) in [6, 6.07) is 6.58. The third-order valence-electron chi connectivity index (χ3n) is 2.08. The topological polar surface area (TPSA) is 15.3 Å². The molecule has 0 unspecified atom stereocenters. The van der Waals surface area contributed by atoms with Crippen molar-refractivity contribution in [1.82, 2.24) is 4.72 Å². The molecule has 0 aliphatic carbocycles. The Labute approximate surface area is 96.4 Å². The highest BCUT2D eigenvalue weighted by Gasteiger charge is 2.15. The molecule has 0 saturated carbocycles. The van der Waals surface area contributed by atoms with E-state index in [0.29, 0.717) is 0 Å². The molecule has 0 bridgehead atoms. The van der Waals surface area contributed by atoms with E-state index in [0.717, 1.165) is 13.2 Å². The van der Waals surface area contributed by atoms with Gasteiger partial charge in [-0.15, -0.1) is 0 Å². The van der Waals surface area contributed by atoms with Crippen LogP contribution >= 0.6 is 34.5 Å². The summed E-state index contributed by atoms with van der Waals surface area (Å²) < 4.78 is 4.60. The van der Waals surface area contributed by atoms with Gasteiger partial charge in [0.15, 0.2) is 0 Å². The van der Waals surface area contributed by atoms with Gasteiger partial charge in [-0.2, -0.15) is 0 Å². The van der Waals surface area contributed by atoms with Crippen molar-refractivity contribution in [2.75, 3.05) is 18.1 Å². The average molecular weight is 306 g/mol. The lowest BCUT2D eigenvalue weighted by atomic mass is 10.3. The van der Waals surface area contributed by atoms with Gasteiger partial charge in [-0.3, -0.25) is 0 Å². The molecule has 2 nitrogen and oxygen atoms in total. The van der Waals surface area contributed by atoms with Crippen LogP contribution in [0.15, 0.2) is 23.1 Å². The Balaban J connectivity index is 2.40. The molecule has 0 atom stereocenters. The molecule has 2 rings (SSSR count). The van der Waals surface area contributed by atoms with Crippen LogP contribution in [0, 0.1) is 3.57 Å². The third kappa shape index (κ3) is 1.94. The Morgan fingerprint density at radius 3 is 3.23 bits per heavy atom. The summed E-state index contributed by atoms with van der Waals surface area (Å²) in [7, 11) is 0. The lowest BCUT2D eigenvalue weighted by Gasteiger charge is -2.30. The van der Waals surface area contributed by atoms with Crippen LogP contribution in [0.1, 0.15) is 6.92 Å². The van der Waals surface area contributed by atoms with Gasteiger partial charge in [-0.05, 0) is 59.7 Å². The van der Waals surface area contributed by atoms with Crippen molar-refractivity contribution in [3.05, 3.63) is 21.8 Å². The highest BCUT2D eigenvalue weighted by atomic mass is 127. The number of halogens is 1. The number of nitrogens with one attached hydrogen (secondary N) is 1. The molecule has 0 spiro atoms. The molecule has 1 aliphatic rings. The molecule has 1 heterocycles. The van der Waals surface area contributed by atoms with Gasteiger partial charge < -0.3 is 4.90 Å². The van der Waals surface area contributed by atoms with Crippen LogP contribution in [0.4, 0.5) is 5.69 Å². The zero-order valence-corrected chi connectivity index (χ0v) is 10.4. The first kappa shape index (κ1) is 9.61. The van der Waals surface area contributed by atoms with Gasteiger partial charge in [0, 0.05) is 15.0 Å². The number of nitrogens with zero attached hydrogens (tertiary/aromatic N) is 1. The molecule has 0 fully saturated rings. The van der Waals surface area contributed by atoms with E-state index >= 15 is 0 Å². The minimum Gasteiger partial charge on any atom is -0.357 e. The Kier molecular flexibility index (Phi) is 3.00. The van der Waals surface area contributed by atoms with E-state index in [4.69, 9.17) is 0 Å². The molecule has 0 saturated heterocycles. The minimum absolute atomic E-state index is 0.939. The van der Waals surface area contributed by atoms with Crippen molar-refractivity contribution >= 4 is 40.2 Å². The molecule has 0 amide bonds. The maximum absolute atomic E-state index is 3.31. The number of fused-ring (bicyclic) bond motifs is 1. The molecule has 13 heavy (non-hydrogen) atoms. The van der Waals surface area contributed by atoms with Gasteiger partial charge >= 0.3 is 0 Å². The average Bonchev–Trinajstić information content (AvgIpc) is 2.16. The Morgan fingerprint density at radius 1 is 1.62 bits per heavy atom. The van der Waals surface area contributed by atoms with Crippen LogP contribution in [-0.4, -0.2) is 13.2 Å². The van der Waals surface area contributed by atoms with Gasteiger partial charge in [-0.25, -0.2) is 4.72 Å². The molecular weight excluding hydrogens is 295 g/mol. The summed E-state index contributed by atoms with van der Waals surface area (Å²) in [6.45, 7) is 4.18. The summed E-state index contributed by atoms with van der Waals surface area (Å²) in [5.41, 5.74) is 1.35. The fourth-order valence-electron chi connectivity index (χ4n) is 1.39. The fraction of sp³-hybridized carbons (Fsp3) is 0.333. The van der Waals surface area contributed by atoms with Crippen LogP contribution in [0.3, 0.4) is 0 Å². The number of hydrogen-bond donors (Lipinski definition) is 1. The zero-order valence-electron chi connectivity index (χ0n) is 7.38. The largest absolute Gasteiger partial charge is 0.357 e. The van der Waals surface area contributed by atoms with E-state index < -0.39 is 0 Å². The summed E-state index contributed by atoms with van der Waals surface area (Å²) in [5.74, 6) is 0. The highest BCUT2D eigenvalue weighted by Crippen LogP contribution is 2.32. The number of hydrogen-bond acceptors (Lipinski definition) is 3. The number of rotatable bonds is 1. The maximum atomic E-state index is 3.31. The SMILES string of the molecule is CCN1CNSc2cc(I)ccc21. The standard InChI is InChI=1S/C9H11IN2S/c1-2-12-6-11-13-9-5-7(10)3-4-8(9)12/h3-5,11H,2,6H2,1H3. The first-order chi connectivity index (χ1) is 6.31. The second kappa shape index (κ2) is 4.06. The van der Waals surface area contributed by atoms with Crippen LogP contribution in [0.2, 0.25) is 0 Å². The summed E-state index contributed by atoms with van der Waals surface area (Å²) >= 11 is 4.07. The van der Waals surface area contributed by atoms with E-state index in [2.05, 4.69) is 57.3 Å². The first-order valence-corrected chi connectivity index (χ1v) is 6.15. The van der Waals surface area contributed by atoms with Crippen molar-refractivity contribution < 1.29 is 0 Å². The molecule has 70 valence electrons. The van der Waals surface area contributed by atoms with Gasteiger partial charge in [-0.1, -0.05) is 0 Å². The van der Waals surface area contributed by atoms with Crippen molar-refractivity contribution in [3.63, 3.8) is 0 Å². The van der Waals surface area contributed by atoms with E-state index in [1.165, 1.54) is 14.2 Å². The number of anilines is 1. The molecule has 1 aromatic carbocycles. The third-order valence-corrected chi connectivity index (χ3v) is 3.57. The van der Waals surface area contributed by atoms with E-state index in [1.807, 2.05) is 0 Å². The quantitative estimate of drug-likeness (QED) is 0.634. The second-order valence-corrected chi connectivity index (χ2v) is 5.05. The van der Waals surface area contributed by atoms with E-state index in [1.54, 1.807) is 11.9 Å². The molecule has 1 N–H and O–H groups in total. The molecule has 1 aromatic rings. The van der Waals surface area contributed by atoms with Crippen LogP contribution in [0.5, 0.6) is 0 Å². The minimum atomic E-state index is 0.939. The van der Waals surface area contributed by atoms with Gasteiger partial charge in [0.05, 0.1) is 12.4 Å². The van der Waals surface area contributed by atoms with E-state index in [-0.39, 0.29) is 0 Å². The van der Waals surface area contributed by atoms with Crippen LogP contribution in [-0.2, 0) is 0 Å². The van der Waals surface area contributed by atoms with Crippen molar-refractivity contribution in [2.24, 2.45) is 0 Å². The predicted octanol–water partition coefficient (Wildman–Crippen LogP) is 2.69. The first-order valence-electron chi connectivity index (χ1n) is 4.25. The Hall–Kier alpha value is 0.0600. The lowest BCUT2D eigenvalue weighted by Crippen LogP contribution is -2.34. The van der Waals surface area contributed by atoms with Gasteiger partial charge in [0.25, 0.3) is 0 Å². The summed E-state index contributed by atoms with van der Waals surface area (Å²) in [5, 5.41) is 0. The molecule has 1 aliphatic heterocycles. The fourth-order valence-corrected chi connectivity index (χ4v) is 2.95. The van der Waals surface area contributed by atoms with Crippen LogP contribution in [0.25, 0.3) is 0 Å². The molecule has 0 aromatic heterocycles. The van der Waals surface area contributed by atoms with Gasteiger partial charge in [0.2, 0.25) is 0 Å². The highest BCUT2D eigenvalue weighted by molar-refractivity contribution is 14.1. The van der Waals surface area contributed by atoms with Crippen LogP contribution < -0.4 is 9.62 Å².